The van der Waals surface area contributed by atoms with Crippen molar-refractivity contribution in [1.29, 1.82) is 0 Å². The molecule has 0 saturated heterocycles. The smallest absolute Gasteiger partial charge is 0.305 e. The zero-order valence-corrected chi connectivity index (χ0v) is 54.2. The second-order valence-electron chi connectivity index (χ2n) is 21.9. The number of carboxylic acids is 3. The molecule has 2 amide bonds. The molecule has 4 unspecified atom stereocenters. The molecule has 0 radical (unpaired) electrons. The number of likely N-dealkylation sites (N-methyl/N-ethyl adjacent to an activating group) is 1. The molecule has 0 spiro atoms. The molecule has 0 heterocycles. The van der Waals surface area contributed by atoms with E-state index in [1.165, 1.54) is 103 Å². The summed E-state index contributed by atoms with van der Waals surface area (Å²) >= 11 is 0. The van der Waals surface area contributed by atoms with E-state index in [4.69, 9.17) is 61.9 Å². The number of ether oxygens (including phenoxy) is 12. The average molecular weight is 1270 g/mol. The number of amides is 2. The number of nitrogens with one attached hydrogen (secondary N) is 3. The fraction of sp³-hybridized carbons (Fsp3) is 0.889. The van der Waals surface area contributed by atoms with E-state index in [2.05, 4.69) is 22.9 Å². The minimum atomic E-state index is -1.32. The van der Waals surface area contributed by atoms with Gasteiger partial charge in [0.05, 0.1) is 183 Å². The Labute approximate surface area is 525 Å². The highest BCUT2D eigenvalue weighted by molar-refractivity contribution is 5.96. The van der Waals surface area contributed by atoms with Gasteiger partial charge in [0.15, 0.2) is 11.6 Å². The van der Waals surface area contributed by atoms with Crippen molar-refractivity contribution < 1.29 is 106 Å². The fourth-order valence-electron chi connectivity index (χ4n) is 8.95. The van der Waals surface area contributed by atoms with Crippen molar-refractivity contribution in [3.63, 3.8) is 0 Å². The second-order valence-corrected chi connectivity index (χ2v) is 21.9. The molecule has 0 aromatic heterocycles. The monoisotopic (exact) mass is 1270 g/mol. The lowest BCUT2D eigenvalue weighted by atomic mass is 9.88. The standard InChI is InChI=1S/C63H117N3O22/c1-5-6-7-8-9-10-11-12-13-14-15-16-17-18-19-20-24-77-26-28-79-30-32-81-34-36-83-38-40-85-42-44-87-46-47-88-45-43-86-41-39-84-37-35-82-33-31-80-29-27-78-25-23-65-62(75)54(50-59(71)72)49-57(68)61(52(2)3)66-63(76)53(21-22-58(69)70)48-56(67)55(64-4)51-60(73)74/h52-55,61,64H,5-51H2,1-4H3,(H,65,75)(H,66,76)(H,69,70)(H,71,72)(H,73,74). The normalized spacial score (nSPS) is 12.9. The highest BCUT2D eigenvalue weighted by Crippen LogP contribution is 2.20. The van der Waals surface area contributed by atoms with Crippen LogP contribution >= 0.6 is 0 Å². The molecular formula is C63H117N3O22. The number of aliphatic carboxylic acids is 3. The zero-order chi connectivity index (χ0) is 64.8. The van der Waals surface area contributed by atoms with Crippen LogP contribution in [0.5, 0.6) is 0 Å². The Morgan fingerprint density at radius 1 is 0.352 bits per heavy atom. The summed E-state index contributed by atoms with van der Waals surface area (Å²) in [5.41, 5.74) is 0. The van der Waals surface area contributed by atoms with Crippen LogP contribution in [0.15, 0.2) is 0 Å². The van der Waals surface area contributed by atoms with Gasteiger partial charge in [-0.2, -0.15) is 0 Å². The fourth-order valence-corrected chi connectivity index (χ4v) is 8.95. The van der Waals surface area contributed by atoms with Gasteiger partial charge in [0.1, 0.15) is 0 Å². The van der Waals surface area contributed by atoms with Crippen molar-refractivity contribution >= 4 is 41.3 Å². The first-order valence-corrected chi connectivity index (χ1v) is 32.6. The van der Waals surface area contributed by atoms with E-state index in [-0.39, 0.29) is 32.8 Å². The topological polar surface area (TPSA) is 327 Å². The van der Waals surface area contributed by atoms with E-state index in [1.807, 2.05) is 0 Å². The minimum absolute atomic E-state index is 0.0154. The first kappa shape index (κ1) is 84.2. The number of carboxylic acid groups (broad SMARTS) is 3. The quantitative estimate of drug-likeness (QED) is 0.0366. The van der Waals surface area contributed by atoms with Crippen LogP contribution in [0.4, 0.5) is 0 Å². The second kappa shape index (κ2) is 63.3. The Hall–Kier alpha value is -3.83. The number of ketones is 2. The summed E-state index contributed by atoms with van der Waals surface area (Å²) in [5.74, 6) is -9.61. The summed E-state index contributed by atoms with van der Waals surface area (Å²) in [6.45, 7) is 16.1. The van der Waals surface area contributed by atoms with Crippen molar-refractivity contribution in [2.24, 2.45) is 17.8 Å². The summed E-state index contributed by atoms with van der Waals surface area (Å²) in [6.07, 6.45) is 18.9. The molecule has 0 saturated carbocycles. The van der Waals surface area contributed by atoms with Crippen LogP contribution < -0.4 is 16.0 Å². The van der Waals surface area contributed by atoms with Crippen molar-refractivity contribution in [2.45, 2.75) is 174 Å². The Morgan fingerprint density at radius 2 is 0.670 bits per heavy atom. The first-order valence-electron chi connectivity index (χ1n) is 32.6. The lowest BCUT2D eigenvalue weighted by Crippen LogP contribution is -2.49. The largest absolute Gasteiger partial charge is 0.481 e. The van der Waals surface area contributed by atoms with Gasteiger partial charge in [-0.25, -0.2) is 0 Å². The third kappa shape index (κ3) is 56.2. The van der Waals surface area contributed by atoms with E-state index in [9.17, 15) is 43.8 Å². The van der Waals surface area contributed by atoms with Gasteiger partial charge < -0.3 is 88.1 Å². The molecule has 0 aromatic carbocycles. The lowest BCUT2D eigenvalue weighted by Gasteiger charge is -2.26. The van der Waals surface area contributed by atoms with E-state index in [1.54, 1.807) is 13.8 Å². The molecule has 0 bridgehead atoms. The third-order valence-corrected chi connectivity index (χ3v) is 14.0. The molecule has 0 aliphatic rings. The predicted octanol–water partition coefficient (Wildman–Crippen LogP) is 6.26. The summed E-state index contributed by atoms with van der Waals surface area (Å²) in [6, 6.07) is -2.33. The van der Waals surface area contributed by atoms with Crippen LogP contribution in [0.25, 0.3) is 0 Å². The molecule has 0 fully saturated rings. The van der Waals surface area contributed by atoms with Gasteiger partial charge in [-0.1, -0.05) is 117 Å². The van der Waals surface area contributed by atoms with E-state index in [0.717, 1.165) is 13.0 Å². The maximum Gasteiger partial charge on any atom is 0.305 e. The Morgan fingerprint density at radius 3 is 0.989 bits per heavy atom. The van der Waals surface area contributed by atoms with Gasteiger partial charge in [0, 0.05) is 38.3 Å². The number of hydrogen-bond donors (Lipinski definition) is 6. The molecule has 0 rings (SSSR count). The molecule has 88 heavy (non-hydrogen) atoms. The average Bonchev–Trinajstić information content (AvgIpc) is 3.70. The number of unbranched alkanes of at least 4 members (excludes halogenated alkanes) is 15. The van der Waals surface area contributed by atoms with E-state index in [0.29, 0.717) is 132 Å². The maximum atomic E-state index is 13.5. The predicted molar refractivity (Wildman–Crippen MR) is 330 cm³/mol. The Balaban J connectivity index is 3.71. The van der Waals surface area contributed by atoms with Gasteiger partial charge in [-0.15, -0.1) is 0 Å². The van der Waals surface area contributed by atoms with Crippen molar-refractivity contribution in [2.75, 3.05) is 172 Å². The molecule has 25 heteroatoms. The van der Waals surface area contributed by atoms with Crippen LogP contribution in [0.1, 0.15) is 162 Å². The van der Waals surface area contributed by atoms with Crippen LogP contribution in [-0.4, -0.2) is 241 Å². The molecule has 0 aliphatic carbocycles. The van der Waals surface area contributed by atoms with Gasteiger partial charge in [0.25, 0.3) is 0 Å². The molecule has 6 N–H and O–H groups in total. The number of Topliss-reactive ketones (excluding diaryl/α,β-unsaturated/α-hetero) is 2. The van der Waals surface area contributed by atoms with Crippen molar-refractivity contribution in [1.82, 2.24) is 16.0 Å². The van der Waals surface area contributed by atoms with Gasteiger partial charge in [0.2, 0.25) is 11.8 Å². The van der Waals surface area contributed by atoms with Gasteiger partial charge in [-0.05, 0) is 25.8 Å². The molecule has 516 valence electrons. The van der Waals surface area contributed by atoms with Crippen molar-refractivity contribution in [3.8, 4) is 0 Å². The Bertz CT molecular complexity index is 1700. The van der Waals surface area contributed by atoms with Crippen molar-refractivity contribution in [3.05, 3.63) is 0 Å². The summed E-state index contributed by atoms with van der Waals surface area (Å²) in [5, 5.41) is 35.6. The van der Waals surface area contributed by atoms with Gasteiger partial charge in [-0.3, -0.25) is 33.6 Å². The van der Waals surface area contributed by atoms with Crippen LogP contribution in [0, 0.1) is 17.8 Å². The maximum absolute atomic E-state index is 13.5. The highest BCUT2D eigenvalue weighted by Gasteiger charge is 2.34. The SMILES string of the molecule is CCCCCCCCCCCCCCCCCCOCCOCCOCCOCCOCCOCCOCCOCCOCCOCCOCCOCCNC(=O)C(CC(=O)O)CC(=O)C(NC(=O)C(CCC(=O)O)CC(=O)C(CC(=O)O)NC)C(C)C. The zero-order valence-electron chi connectivity index (χ0n) is 54.2. The van der Waals surface area contributed by atoms with Crippen LogP contribution in [0.3, 0.4) is 0 Å². The van der Waals surface area contributed by atoms with E-state index >= 15 is 0 Å². The lowest BCUT2D eigenvalue weighted by molar-refractivity contribution is -0.143. The van der Waals surface area contributed by atoms with E-state index < -0.39 is 103 Å². The van der Waals surface area contributed by atoms with Gasteiger partial charge >= 0.3 is 17.9 Å². The first-order chi connectivity index (χ1) is 42.7. The third-order valence-electron chi connectivity index (χ3n) is 14.0. The minimum Gasteiger partial charge on any atom is -0.481 e. The van der Waals surface area contributed by atoms with Crippen LogP contribution in [-0.2, 0) is 90.4 Å². The molecule has 0 aromatic rings. The summed E-state index contributed by atoms with van der Waals surface area (Å²) < 4.78 is 66.5. The number of carbonyl (C=O) groups excluding carboxylic acids is 4. The number of rotatable bonds is 71. The number of carbonyl (C=O) groups is 7. The summed E-state index contributed by atoms with van der Waals surface area (Å²) in [7, 11) is 1.38. The molecule has 0 aliphatic heterocycles. The molecule has 4 atom stereocenters. The summed E-state index contributed by atoms with van der Waals surface area (Å²) in [4.78, 5) is 86.9. The molecule has 25 nitrogen and oxygen atoms in total. The Kier molecular flexibility index (Phi) is 60.6. The number of hydrogen-bond acceptors (Lipinski definition) is 20. The highest BCUT2D eigenvalue weighted by atomic mass is 16.6. The molecular weight excluding hydrogens is 1150 g/mol. The van der Waals surface area contributed by atoms with Crippen LogP contribution in [0.2, 0.25) is 0 Å².